The highest BCUT2D eigenvalue weighted by molar-refractivity contribution is 5.82. The molecule has 2 atom stereocenters. The number of ether oxygens (including phenoxy) is 1. The summed E-state index contributed by atoms with van der Waals surface area (Å²) in [5.41, 5.74) is 2.57. The molecule has 1 aromatic heterocycles. The predicted octanol–water partition coefficient (Wildman–Crippen LogP) is 3.87. The Bertz CT molecular complexity index is 1190. The van der Waals surface area contributed by atoms with Gasteiger partial charge in [-0.05, 0) is 92.8 Å². The lowest BCUT2D eigenvalue weighted by molar-refractivity contribution is -0.138. The number of nitrogens with zero attached hydrogens (tertiary/aromatic N) is 2. The Labute approximate surface area is 247 Å². The summed E-state index contributed by atoms with van der Waals surface area (Å²) in [6, 6.07) is 8.67. The van der Waals surface area contributed by atoms with Crippen molar-refractivity contribution >= 4 is 17.8 Å². The Kier molecular flexibility index (Phi) is 12.1. The summed E-state index contributed by atoms with van der Waals surface area (Å²) in [6.07, 6.45) is 9.41. The third-order valence-corrected chi connectivity index (χ3v) is 8.23. The molecule has 1 aromatic carbocycles. The fourth-order valence-corrected chi connectivity index (χ4v) is 5.86. The van der Waals surface area contributed by atoms with Crippen LogP contribution in [0.25, 0.3) is 0 Å². The van der Waals surface area contributed by atoms with E-state index in [-0.39, 0.29) is 30.8 Å². The Hall–Kier alpha value is -3.53. The van der Waals surface area contributed by atoms with E-state index in [1.807, 2.05) is 24.3 Å². The van der Waals surface area contributed by atoms with Crippen molar-refractivity contribution in [3.05, 3.63) is 59.4 Å². The third kappa shape index (κ3) is 9.79. The van der Waals surface area contributed by atoms with Crippen LogP contribution >= 0.6 is 0 Å². The molecule has 228 valence electrons. The largest absolute Gasteiger partial charge is 0.491 e. The molecule has 0 bridgehead atoms. The Balaban J connectivity index is 1.34. The van der Waals surface area contributed by atoms with Crippen molar-refractivity contribution in [3.63, 3.8) is 0 Å². The maximum atomic E-state index is 13.3. The molecule has 0 radical (unpaired) electrons. The van der Waals surface area contributed by atoms with Crippen molar-refractivity contribution in [3.8, 4) is 5.75 Å². The van der Waals surface area contributed by atoms with Crippen molar-refractivity contribution in [2.24, 2.45) is 11.8 Å². The minimum atomic E-state index is -1.02. The molecule has 0 aliphatic carbocycles. The number of rotatable bonds is 14. The highest BCUT2D eigenvalue weighted by Crippen LogP contribution is 2.24. The average Bonchev–Trinajstić information content (AvgIpc) is 3.02. The number of carbonyl (C=O) groups excluding carboxylic acids is 2. The number of aromatic nitrogens is 1. The van der Waals surface area contributed by atoms with Gasteiger partial charge >= 0.3 is 5.97 Å². The van der Waals surface area contributed by atoms with E-state index < -0.39 is 18.7 Å². The van der Waals surface area contributed by atoms with Crippen molar-refractivity contribution in [2.45, 2.75) is 63.8 Å². The molecule has 10 heteroatoms. The molecule has 2 amide bonds. The van der Waals surface area contributed by atoms with E-state index >= 15 is 0 Å². The van der Waals surface area contributed by atoms with Crippen LogP contribution in [0, 0.1) is 11.8 Å². The molecule has 0 spiro atoms. The Morgan fingerprint density at radius 2 is 1.93 bits per heavy atom. The van der Waals surface area contributed by atoms with Crippen LogP contribution in [0.5, 0.6) is 5.75 Å². The van der Waals surface area contributed by atoms with E-state index in [4.69, 9.17) is 4.74 Å². The third-order valence-electron chi connectivity index (χ3n) is 8.23. The van der Waals surface area contributed by atoms with E-state index in [1.54, 1.807) is 23.4 Å². The number of likely N-dealkylation sites (tertiary alicyclic amines) is 1. The standard InChI is InChI=1S/C32H43FN4O5/c33-12-16-42-28-5-1-3-24(18-28)6-7-25-17-27(21-35-20-25)29(19-31(39)40)36-32(41)26-4-2-15-37(22-26)30(38)9-8-23-10-13-34-14-11-23/h1,3,5,17-18,20-21,23,26,29,34H,2,4,6-16,19,22H2,(H,36,41)(H,39,40)/t26-,29+/m1/s1/i33-1. The maximum Gasteiger partial charge on any atom is 0.305 e. The number of halogens is 1. The normalized spacial score (nSPS) is 18.3. The highest BCUT2D eigenvalue weighted by atomic mass is 18.2. The molecule has 9 nitrogen and oxygen atoms in total. The number of benzene rings is 1. The number of nitrogens with one attached hydrogen (secondary N) is 2. The number of amides is 2. The summed E-state index contributed by atoms with van der Waals surface area (Å²) in [5.74, 6) is -0.329. The number of piperidine rings is 2. The minimum absolute atomic E-state index is 0.0137. The first-order valence-electron chi connectivity index (χ1n) is 15.1. The molecule has 2 aliphatic heterocycles. The topological polar surface area (TPSA) is 121 Å². The van der Waals surface area contributed by atoms with Gasteiger partial charge in [-0.2, -0.15) is 0 Å². The van der Waals surface area contributed by atoms with Crippen molar-refractivity contribution in [1.82, 2.24) is 20.5 Å². The number of carbonyl (C=O) groups is 3. The number of carboxylic acid groups (broad SMARTS) is 1. The molecule has 2 aliphatic rings. The number of aliphatic carboxylic acids is 1. The van der Waals surface area contributed by atoms with Gasteiger partial charge in [0.05, 0.1) is 18.4 Å². The van der Waals surface area contributed by atoms with Gasteiger partial charge < -0.3 is 25.4 Å². The summed E-state index contributed by atoms with van der Waals surface area (Å²) in [4.78, 5) is 44.1. The van der Waals surface area contributed by atoms with Gasteiger partial charge in [0.2, 0.25) is 11.8 Å². The van der Waals surface area contributed by atoms with E-state index in [0.717, 1.165) is 49.9 Å². The van der Waals surface area contributed by atoms with Gasteiger partial charge in [0.15, 0.2) is 0 Å². The smallest absolute Gasteiger partial charge is 0.305 e. The summed E-state index contributed by atoms with van der Waals surface area (Å²) in [7, 11) is 0. The van der Waals surface area contributed by atoms with Gasteiger partial charge in [-0.3, -0.25) is 19.4 Å². The van der Waals surface area contributed by atoms with Crippen LogP contribution < -0.4 is 15.4 Å². The van der Waals surface area contributed by atoms with E-state index in [9.17, 15) is 23.9 Å². The fourth-order valence-electron chi connectivity index (χ4n) is 5.86. The van der Waals surface area contributed by atoms with Gasteiger partial charge in [0.1, 0.15) is 19.0 Å². The summed E-state index contributed by atoms with van der Waals surface area (Å²) < 4.78 is 17.8. The van der Waals surface area contributed by atoms with Crippen molar-refractivity contribution in [2.75, 3.05) is 39.5 Å². The number of aryl methyl sites for hydroxylation is 2. The number of pyridine rings is 1. The van der Waals surface area contributed by atoms with Crippen LogP contribution in [0.4, 0.5) is 4.39 Å². The van der Waals surface area contributed by atoms with Gasteiger partial charge in [0.25, 0.3) is 0 Å². The van der Waals surface area contributed by atoms with Crippen LogP contribution in [0.1, 0.15) is 67.7 Å². The van der Waals surface area contributed by atoms with Crippen LogP contribution in [-0.2, 0) is 27.2 Å². The molecule has 4 rings (SSSR count). The second-order valence-corrected chi connectivity index (χ2v) is 11.4. The first-order valence-corrected chi connectivity index (χ1v) is 15.1. The van der Waals surface area contributed by atoms with Gasteiger partial charge in [-0.15, -0.1) is 0 Å². The number of carboxylic acids is 1. The van der Waals surface area contributed by atoms with Crippen LogP contribution in [0.3, 0.4) is 0 Å². The van der Waals surface area contributed by atoms with Gasteiger partial charge in [-0.25, -0.2) is 4.39 Å². The number of hydrogen-bond acceptors (Lipinski definition) is 6. The molecule has 42 heavy (non-hydrogen) atoms. The van der Waals surface area contributed by atoms with Gasteiger partial charge in [-0.1, -0.05) is 18.2 Å². The molecule has 3 heterocycles. The molecule has 2 aromatic rings. The van der Waals surface area contributed by atoms with Crippen LogP contribution in [-0.4, -0.2) is 72.2 Å². The minimum Gasteiger partial charge on any atom is -0.491 e. The molecule has 0 saturated carbocycles. The van der Waals surface area contributed by atoms with Crippen molar-refractivity contribution in [1.29, 1.82) is 0 Å². The first kappa shape index (κ1) is 31.4. The summed E-state index contributed by atoms with van der Waals surface area (Å²) in [5, 5.41) is 15.9. The molecule has 2 fully saturated rings. The average molecular weight is 582 g/mol. The lowest BCUT2D eigenvalue weighted by atomic mass is 9.92. The molecule has 3 N–H and O–H groups in total. The Morgan fingerprint density at radius 3 is 2.71 bits per heavy atom. The monoisotopic (exact) mass is 581 g/mol. The zero-order chi connectivity index (χ0) is 29.7. The van der Waals surface area contributed by atoms with Crippen LogP contribution in [0.15, 0.2) is 42.7 Å². The lowest BCUT2D eigenvalue weighted by Gasteiger charge is -2.33. The van der Waals surface area contributed by atoms with E-state index in [1.165, 1.54) is 0 Å². The fraction of sp³-hybridized carbons (Fsp3) is 0.562. The van der Waals surface area contributed by atoms with E-state index in [0.29, 0.717) is 56.0 Å². The number of alkyl halides is 1. The molecular formula is C32H43FN4O5. The lowest BCUT2D eigenvalue weighted by Crippen LogP contribution is -2.46. The highest BCUT2D eigenvalue weighted by Gasteiger charge is 2.30. The molecule has 0 unspecified atom stereocenters. The summed E-state index contributed by atoms with van der Waals surface area (Å²) in [6.45, 7) is 2.50. The Morgan fingerprint density at radius 1 is 1.12 bits per heavy atom. The maximum absolute atomic E-state index is 13.3. The second-order valence-electron chi connectivity index (χ2n) is 11.4. The predicted molar refractivity (Wildman–Crippen MR) is 157 cm³/mol. The molecular weight excluding hydrogens is 538 g/mol. The van der Waals surface area contributed by atoms with Gasteiger partial charge in [0, 0.05) is 31.9 Å². The number of hydrogen-bond donors (Lipinski definition) is 3. The van der Waals surface area contributed by atoms with E-state index in [2.05, 4.69) is 15.6 Å². The summed E-state index contributed by atoms with van der Waals surface area (Å²) >= 11 is 0. The zero-order valence-corrected chi connectivity index (χ0v) is 24.2. The second kappa shape index (κ2) is 16.2. The quantitative estimate of drug-likeness (QED) is 0.310. The van der Waals surface area contributed by atoms with Crippen LogP contribution in [0.2, 0.25) is 0 Å². The van der Waals surface area contributed by atoms with Crippen molar-refractivity contribution < 1.29 is 28.6 Å². The zero-order valence-electron chi connectivity index (χ0n) is 24.2. The molecule has 2 saturated heterocycles. The SMILES string of the molecule is O=C(O)C[C@H](NC(=O)[C@@H]1CCCN(C(=O)CCC2CCNCC2)C1)c1cncc(CCc2cccc(OCC[18F])c2)c1. The first-order chi connectivity index (χ1) is 20.4.